The van der Waals surface area contributed by atoms with Crippen molar-refractivity contribution in [1.29, 1.82) is 0 Å². The molecule has 0 saturated carbocycles. The number of benzene rings is 1. The second kappa shape index (κ2) is 9.81. The molecule has 0 aliphatic heterocycles. The summed E-state index contributed by atoms with van der Waals surface area (Å²) in [5.74, 6) is 0. The molecular formula is C20H33NO. The molecule has 22 heavy (non-hydrogen) atoms. The van der Waals surface area contributed by atoms with E-state index in [2.05, 4.69) is 32.6 Å². The van der Waals surface area contributed by atoms with Crippen LogP contribution in [0.5, 0.6) is 0 Å². The van der Waals surface area contributed by atoms with Gasteiger partial charge >= 0.3 is 0 Å². The van der Waals surface area contributed by atoms with Crippen LogP contribution in [0.1, 0.15) is 70.8 Å². The van der Waals surface area contributed by atoms with Crippen LogP contribution in [-0.2, 0) is 5.54 Å². The molecule has 0 fully saturated rings. The lowest BCUT2D eigenvalue weighted by atomic mass is 9.78. The van der Waals surface area contributed by atoms with Gasteiger partial charge < -0.3 is 10.8 Å². The van der Waals surface area contributed by atoms with Crippen LogP contribution < -0.4 is 5.73 Å². The van der Waals surface area contributed by atoms with E-state index < -0.39 is 5.54 Å². The summed E-state index contributed by atoms with van der Waals surface area (Å²) in [5, 5.41) is 9.93. The third kappa shape index (κ3) is 5.58. The second-order valence-electron chi connectivity index (χ2n) is 6.38. The Morgan fingerprint density at radius 1 is 1.14 bits per heavy atom. The van der Waals surface area contributed by atoms with E-state index in [0.717, 1.165) is 62.5 Å². The molecule has 0 heterocycles. The van der Waals surface area contributed by atoms with Crippen molar-refractivity contribution in [2.75, 3.05) is 0 Å². The minimum atomic E-state index is -0.470. The van der Waals surface area contributed by atoms with E-state index in [1.54, 1.807) is 0 Å². The highest BCUT2D eigenvalue weighted by Gasteiger charge is 2.29. The first-order valence-corrected chi connectivity index (χ1v) is 8.75. The fourth-order valence-corrected chi connectivity index (χ4v) is 2.97. The van der Waals surface area contributed by atoms with Gasteiger partial charge in [0.05, 0.1) is 11.6 Å². The van der Waals surface area contributed by atoms with Crippen LogP contribution in [-0.4, -0.2) is 11.2 Å². The molecule has 0 aliphatic carbocycles. The molecule has 0 aromatic heterocycles. The lowest BCUT2D eigenvalue weighted by molar-refractivity contribution is 0.147. The van der Waals surface area contributed by atoms with Crippen molar-refractivity contribution in [3.05, 3.63) is 48.0 Å². The van der Waals surface area contributed by atoms with Crippen molar-refractivity contribution in [1.82, 2.24) is 0 Å². The summed E-state index contributed by atoms with van der Waals surface area (Å²) in [5.41, 5.74) is 8.57. The first-order valence-electron chi connectivity index (χ1n) is 8.75. The van der Waals surface area contributed by atoms with Crippen molar-refractivity contribution in [3.63, 3.8) is 0 Å². The summed E-state index contributed by atoms with van der Waals surface area (Å²) >= 11 is 0. The molecule has 2 unspecified atom stereocenters. The number of hydrogen-bond donors (Lipinski definition) is 2. The fraction of sp³-hybridized carbons (Fsp3) is 0.600. The van der Waals surface area contributed by atoms with E-state index in [1.807, 2.05) is 18.2 Å². The van der Waals surface area contributed by atoms with Gasteiger partial charge in [0, 0.05) is 0 Å². The number of aliphatic hydroxyl groups is 1. The number of rotatable bonds is 11. The van der Waals surface area contributed by atoms with Gasteiger partial charge in [0.2, 0.25) is 0 Å². The quantitative estimate of drug-likeness (QED) is 0.570. The minimum absolute atomic E-state index is 0.200. The Morgan fingerprint density at radius 2 is 1.82 bits per heavy atom. The van der Waals surface area contributed by atoms with Crippen LogP contribution in [0.4, 0.5) is 0 Å². The topological polar surface area (TPSA) is 46.2 Å². The van der Waals surface area contributed by atoms with E-state index in [0.29, 0.717) is 0 Å². The number of aliphatic hydroxyl groups excluding tert-OH is 1. The molecule has 2 heteroatoms. The summed E-state index contributed by atoms with van der Waals surface area (Å²) in [6, 6.07) is 10.3. The van der Waals surface area contributed by atoms with Gasteiger partial charge in [-0.2, -0.15) is 0 Å². The van der Waals surface area contributed by atoms with Gasteiger partial charge in [-0.25, -0.2) is 0 Å². The van der Waals surface area contributed by atoms with E-state index in [-0.39, 0.29) is 6.10 Å². The molecule has 0 bridgehead atoms. The van der Waals surface area contributed by atoms with E-state index in [9.17, 15) is 5.11 Å². The third-order valence-corrected chi connectivity index (χ3v) is 4.48. The predicted octanol–water partition coefficient (Wildman–Crippen LogP) is 4.92. The van der Waals surface area contributed by atoms with Gasteiger partial charge in [-0.05, 0) is 44.1 Å². The van der Waals surface area contributed by atoms with E-state index in [1.165, 1.54) is 0 Å². The normalized spacial score (nSPS) is 15.3. The summed E-state index contributed by atoms with van der Waals surface area (Å²) in [6.45, 7) is 8.58. The third-order valence-electron chi connectivity index (χ3n) is 4.48. The van der Waals surface area contributed by atoms with Crippen molar-refractivity contribution < 1.29 is 5.11 Å². The Labute approximate surface area is 136 Å². The zero-order chi connectivity index (χ0) is 16.4. The summed E-state index contributed by atoms with van der Waals surface area (Å²) < 4.78 is 0. The molecule has 3 N–H and O–H groups in total. The highest BCUT2D eigenvalue weighted by molar-refractivity contribution is 5.33. The zero-order valence-electron chi connectivity index (χ0n) is 14.4. The molecule has 0 saturated heterocycles. The van der Waals surface area contributed by atoms with E-state index >= 15 is 0 Å². The Bertz CT molecular complexity index is 429. The van der Waals surface area contributed by atoms with Crippen molar-refractivity contribution in [2.45, 2.75) is 76.9 Å². The first-order chi connectivity index (χ1) is 10.5. The highest BCUT2D eigenvalue weighted by Crippen LogP contribution is 2.34. The lowest BCUT2D eigenvalue weighted by Gasteiger charge is -2.33. The SMILES string of the molecule is C=C(CCCC)C(N)(CCCC(O)CCC)c1ccccc1. The van der Waals surface area contributed by atoms with Crippen LogP contribution in [0.2, 0.25) is 0 Å². The minimum Gasteiger partial charge on any atom is -0.393 e. The molecule has 124 valence electrons. The Morgan fingerprint density at radius 3 is 2.41 bits per heavy atom. The fourth-order valence-electron chi connectivity index (χ4n) is 2.97. The molecule has 1 aromatic carbocycles. The van der Waals surface area contributed by atoms with Crippen LogP contribution in [0, 0.1) is 0 Å². The Kier molecular flexibility index (Phi) is 8.44. The summed E-state index contributed by atoms with van der Waals surface area (Å²) in [4.78, 5) is 0. The standard InChI is InChI=1S/C20H33NO/c1-4-6-12-17(3)20(21,18-13-8-7-9-14-18)16-10-15-19(22)11-5-2/h7-9,13-14,19,22H,3-6,10-12,15-16,21H2,1-2H3. The van der Waals surface area contributed by atoms with Crippen LogP contribution in [0.3, 0.4) is 0 Å². The van der Waals surface area contributed by atoms with Crippen LogP contribution in [0.25, 0.3) is 0 Å². The molecule has 0 radical (unpaired) electrons. The molecule has 0 spiro atoms. The highest BCUT2D eigenvalue weighted by atomic mass is 16.3. The van der Waals surface area contributed by atoms with Gasteiger partial charge in [0.25, 0.3) is 0 Å². The largest absolute Gasteiger partial charge is 0.393 e. The second-order valence-corrected chi connectivity index (χ2v) is 6.38. The monoisotopic (exact) mass is 303 g/mol. The smallest absolute Gasteiger partial charge is 0.0622 e. The molecule has 2 nitrogen and oxygen atoms in total. The Balaban J connectivity index is 2.76. The number of nitrogens with two attached hydrogens (primary N) is 1. The molecular weight excluding hydrogens is 270 g/mol. The predicted molar refractivity (Wildman–Crippen MR) is 95.7 cm³/mol. The lowest BCUT2D eigenvalue weighted by Crippen LogP contribution is -2.38. The van der Waals surface area contributed by atoms with Gasteiger partial charge in [-0.1, -0.05) is 69.2 Å². The average molecular weight is 303 g/mol. The van der Waals surface area contributed by atoms with Gasteiger partial charge in [0.1, 0.15) is 0 Å². The van der Waals surface area contributed by atoms with E-state index in [4.69, 9.17) is 5.73 Å². The van der Waals surface area contributed by atoms with Crippen LogP contribution in [0.15, 0.2) is 42.5 Å². The van der Waals surface area contributed by atoms with Gasteiger partial charge in [0.15, 0.2) is 0 Å². The van der Waals surface area contributed by atoms with Crippen molar-refractivity contribution in [2.24, 2.45) is 5.73 Å². The first kappa shape index (κ1) is 18.9. The molecule has 1 aromatic rings. The van der Waals surface area contributed by atoms with Crippen molar-refractivity contribution >= 4 is 0 Å². The number of hydrogen-bond acceptors (Lipinski definition) is 2. The molecule has 2 atom stereocenters. The van der Waals surface area contributed by atoms with Gasteiger partial charge in [-0.3, -0.25) is 0 Å². The maximum absolute atomic E-state index is 9.93. The Hall–Kier alpha value is -1.12. The number of unbranched alkanes of at least 4 members (excludes halogenated alkanes) is 1. The van der Waals surface area contributed by atoms with Crippen LogP contribution >= 0.6 is 0 Å². The summed E-state index contributed by atoms with van der Waals surface area (Å²) in [7, 11) is 0. The van der Waals surface area contributed by atoms with Gasteiger partial charge in [-0.15, -0.1) is 0 Å². The molecule has 0 amide bonds. The summed E-state index contributed by atoms with van der Waals surface area (Å²) in [6.07, 6.45) is 7.55. The maximum atomic E-state index is 9.93. The molecule has 1 rings (SSSR count). The zero-order valence-corrected chi connectivity index (χ0v) is 14.4. The molecule has 0 aliphatic rings. The maximum Gasteiger partial charge on any atom is 0.0622 e. The van der Waals surface area contributed by atoms with Crippen molar-refractivity contribution in [3.8, 4) is 0 Å². The average Bonchev–Trinajstić information content (AvgIpc) is 2.53.